The molecular formula is C12H13BrFNO4S. The van der Waals surface area contributed by atoms with Gasteiger partial charge in [0.2, 0.25) is 10.0 Å². The van der Waals surface area contributed by atoms with E-state index in [2.05, 4.69) is 15.9 Å². The van der Waals surface area contributed by atoms with E-state index in [4.69, 9.17) is 5.11 Å². The van der Waals surface area contributed by atoms with Crippen LogP contribution in [0.15, 0.2) is 21.5 Å². The second-order valence-electron chi connectivity index (χ2n) is 4.54. The molecule has 0 atom stereocenters. The Bertz CT molecular complexity index is 641. The highest BCUT2D eigenvalue weighted by molar-refractivity contribution is 9.10. The number of carboxylic acids is 1. The summed E-state index contributed by atoms with van der Waals surface area (Å²) >= 11 is 3.02. The van der Waals surface area contributed by atoms with Gasteiger partial charge < -0.3 is 5.11 Å². The van der Waals surface area contributed by atoms with Crippen LogP contribution in [0, 0.1) is 5.82 Å². The minimum absolute atomic E-state index is 0.215. The molecule has 0 unspecified atom stereocenters. The molecule has 0 aromatic heterocycles. The van der Waals surface area contributed by atoms with Crippen molar-refractivity contribution in [2.45, 2.75) is 24.2 Å². The predicted molar refractivity (Wildman–Crippen MR) is 73.7 cm³/mol. The molecule has 0 spiro atoms. The fourth-order valence-electron chi connectivity index (χ4n) is 2.15. The summed E-state index contributed by atoms with van der Waals surface area (Å²) in [4.78, 5) is 10.4. The zero-order chi connectivity index (χ0) is 14.9. The van der Waals surface area contributed by atoms with Gasteiger partial charge in [-0.1, -0.05) is 22.4 Å². The monoisotopic (exact) mass is 365 g/mol. The number of hydrogen-bond acceptors (Lipinski definition) is 3. The van der Waals surface area contributed by atoms with Crippen LogP contribution in [0.2, 0.25) is 0 Å². The first-order valence-corrected chi connectivity index (χ1v) is 8.30. The summed E-state index contributed by atoms with van der Waals surface area (Å²) in [6, 6.07) is 2.15. The van der Waals surface area contributed by atoms with Gasteiger partial charge in [-0.25, -0.2) is 17.6 Å². The fourth-order valence-corrected chi connectivity index (χ4v) is 4.39. The molecule has 1 aromatic carbocycles. The maximum absolute atomic E-state index is 14.1. The van der Waals surface area contributed by atoms with Crippen LogP contribution in [0.5, 0.6) is 0 Å². The molecule has 0 saturated carbocycles. The summed E-state index contributed by atoms with van der Waals surface area (Å²) in [6.07, 6.45) is 2.38. The number of hydrogen-bond donors (Lipinski definition) is 1. The van der Waals surface area contributed by atoms with E-state index in [1.165, 1.54) is 4.31 Å². The van der Waals surface area contributed by atoms with Gasteiger partial charge >= 0.3 is 5.97 Å². The van der Waals surface area contributed by atoms with Crippen LogP contribution in [-0.2, 0) is 10.0 Å². The Balaban J connectivity index is 2.53. The summed E-state index contributed by atoms with van der Waals surface area (Å²) in [6.45, 7) is 0.660. The molecule has 20 heavy (non-hydrogen) atoms. The number of piperidine rings is 1. The van der Waals surface area contributed by atoms with Gasteiger partial charge in [0, 0.05) is 17.6 Å². The van der Waals surface area contributed by atoms with Crippen molar-refractivity contribution >= 4 is 31.9 Å². The van der Waals surface area contributed by atoms with Gasteiger partial charge in [-0.15, -0.1) is 0 Å². The molecule has 110 valence electrons. The van der Waals surface area contributed by atoms with Crippen LogP contribution in [0.4, 0.5) is 4.39 Å². The highest BCUT2D eigenvalue weighted by Gasteiger charge is 2.31. The van der Waals surface area contributed by atoms with Crippen molar-refractivity contribution in [3.63, 3.8) is 0 Å². The Morgan fingerprint density at radius 3 is 2.40 bits per heavy atom. The van der Waals surface area contributed by atoms with Gasteiger partial charge in [-0.2, -0.15) is 4.31 Å². The number of sulfonamides is 1. The summed E-state index contributed by atoms with van der Waals surface area (Å²) < 4.78 is 40.4. The zero-order valence-corrected chi connectivity index (χ0v) is 12.9. The number of rotatable bonds is 3. The lowest BCUT2D eigenvalue weighted by Crippen LogP contribution is -2.36. The normalized spacial score (nSPS) is 17.1. The van der Waals surface area contributed by atoms with Crippen molar-refractivity contribution in [1.82, 2.24) is 4.31 Å². The molecule has 1 aliphatic rings. The molecule has 1 aromatic rings. The largest absolute Gasteiger partial charge is 0.478 e. The van der Waals surface area contributed by atoms with Gasteiger partial charge in [0.1, 0.15) is 4.90 Å². The lowest BCUT2D eigenvalue weighted by atomic mass is 10.2. The molecule has 1 N–H and O–H groups in total. The number of benzene rings is 1. The highest BCUT2D eigenvalue weighted by Crippen LogP contribution is 2.28. The van der Waals surface area contributed by atoms with Crippen LogP contribution < -0.4 is 0 Å². The molecule has 0 aliphatic carbocycles. The molecule has 1 heterocycles. The fraction of sp³-hybridized carbons (Fsp3) is 0.417. The van der Waals surface area contributed by atoms with E-state index < -0.39 is 32.3 Å². The van der Waals surface area contributed by atoms with Crippen molar-refractivity contribution < 1.29 is 22.7 Å². The van der Waals surface area contributed by atoms with Crippen molar-refractivity contribution in [3.8, 4) is 0 Å². The topological polar surface area (TPSA) is 74.7 Å². The van der Waals surface area contributed by atoms with E-state index in [9.17, 15) is 17.6 Å². The third-order valence-electron chi connectivity index (χ3n) is 3.17. The summed E-state index contributed by atoms with van der Waals surface area (Å²) in [5.74, 6) is -2.72. The highest BCUT2D eigenvalue weighted by atomic mass is 79.9. The van der Waals surface area contributed by atoms with E-state index >= 15 is 0 Å². The number of carboxylic acid groups (broad SMARTS) is 1. The van der Waals surface area contributed by atoms with Gasteiger partial charge in [-0.3, -0.25) is 0 Å². The maximum atomic E-state index is 14.1. The summed E-state index contributed by atoms with van der Waals surface area (Å²) in [5, 5.41) is 8.92. The lowest BCUT2D eigenvalue weighted by Gasteiger charge is -2.26. The third-order valence-corrected chi connectivity index (χ3v) is 5.52. The Morgan fingerprint density at radius 2 is 1.85 bits per heavy atom. The average molecular weight is 366 g/mol. The van der Waals surface area contributed by atoms with E-state index in [1.807, 2.05) is 0 Å². The summed E-state index contributed by atoms with van der Waals surface area (Å²) in [7, 11) is -4.01. The molecule has 0 radical (unpaired) electrons. The van der Waals surface area contributed by atoms with Crippen LogP contribution in [0.25, 0.3) is 0 Å². The molecule has 5 nitrogen and oxygen atoms in total. The molecule has 1 fully saturated rings. The van der Waals surface area contributed by atoms with Crippen LogP contribution >= 0.6 is 15.9 Å². The Kier molecular flexibility index (Phi) is 4.46. The maximum Gasteiger partial charge on any atom is 0.338 e. The third kappa shape index (κ3) is 2.87. The van der Waals surface area contributed by atoms with Gasteiger partial charge in [0.25, 0.3) is 0 Å². The number of nitrogens with zero attached hydrogens (tertiary/aromatic N) is 1. The van der Waals surface area contributed by atoms with Crippen molar-refractivity contribution in [2.24, 2.45) is 0 Å². The minimum Gasteiger partial charge on any atom is -0.478 e. The van der Waals surface area contributed by atoms with Gasteiger partial charge in [0.15, 0.2) is 5.82 Å². The summed E-state index contributed by atoms with van der Waals surface area (Å²) in [5.41, 5.74) is -0.657. The van der Waals surface area contributed by atoms with E-state index in [-0.39, 0.29) is 4.47 Å². The van der Waals surface area contributed by atoms with Gasteiger partial charge in [0.05, 0.1) is 5.56 Å². The average Bonchev–Trinajstić information content (AvgIpc) is 2.41. The smallest absolute Gasteiger partial charge is 0.338 e. The second kappa shape index (κ2) is 5.79. The molecule has 1 saturated heterocycles. The van der Waals surface area contributed by atoms with Crippen LogP contribution in [0.3, 0.4) is 0 Å². The van der Waals surface area contributed by atoms with Gasteiger partial charge in [-0.05, 0) is 25.0 Å². The predicted octanol–water partition coefficient (Wildman–Crippen LogP) is 2.46. The standard InChI is InChI=1S/C12H13BrFNO4S/c13-8-6-9(12(16)17)11(14)10(7-8)20(18,19)15-4-2-1-3-5-15/h6-7H,1-5H2,(H,16,17). The minimum atomic E-state index is -4.01. The molecule has 1 aliphatic heterocycles. The van der Waals surface area contributed by atoms with E-state index in [1.54, 1.807) is 0 Å². The second-order valence-corrected chi connectivity index (χ2v) is 7.36. The Morgan fingerprint density at radius 1 is 1.25 bits per heavy atom. The zero-order valence-electron chi connectivity index (χ0n) is 10.5. The van der Waals surface area contributed by atoms with Crippen molar-refractivity contribution in [2.75, 3.05) is 13.1 Å². The quantitative estimate of drug-likeness (QED) is 0.892. The number of halogens is 2. The van der Waals surface area contributed by atoms with Crippen LogP contribution in [-0.4, -0.2) is 36.9 Å². The molecule has 0 bridgehead atoms. The molecular weight excluding hydrogens is 353 g/mol. The van der Waals surface area contributed by atoms with Crippen LogP contribution in [0.1, 0.15) is 29.6 Å². The van der Waals surface area contributed by atoms with E-state index in [0.717, 1.165) is 31.4 Å². The molecule has 8 heteroatoms. The first kappa shape index (κ1) is 15.4. The Labute approximate surface area is 124 Å². The number of carbonyl (C=O) groups is 1. The van der Waals surface area contributed by atoms with E-state index in [0.29, 0.717) is 13.1 Å². The van der Waals surface area contributed by atoms with Crippen molar-refractivity contribution in [3.05, 3.63) is 28.0 Å². The SMILES string of the molecule is O=C(O)c1cc(Br)cc(S(=O)(=O)N2CCCCC2)c1F. The van der Waals surface area contributed by atoms with Crippen molar-refractivity contribution in [1.29, 1.82) is 0 Å². The molecule has 0 amide bonds. The number of aromatic carboxylic acids is 1. The Hall–Kier alpha value is -0.990. The molecule has 2 rings (SSSR count). The first-order chi connectivity index (χ1) is 9.34. The lowest BCUT2D eigenvalue weighted by molar-refractivity contribution is 0.0691. The first-order valence-electron chi connectivity index (χ1n) is 6.06.